The van der Waals surface area contributed by atoms with Crippen molar-refractivity contribution in [2.24, 2.45) is 0 Å². The normalized spacial score (nSPS) is 14.4. The Bertz CT molecular complexity index is 390. The molecular formula is C11H12N2O2. The highest BCUT2D eigenvalue weighted by atomic mass is 16.2. The van der Waals surface area contributed by atoms with E-state index in [1.54, 1.807) is 0 Å². The average Bonchev–Trinajstić information content (AvgIpc) is 2.25. The molecule has 0 aliphatic carbocycles. The van der Waals surface area contributed by atoms with Gasteiger partial charge in [-0.25, -0.2) is 0 Å². The molecule has 0 spiro atoms. The van der Waals surface area contributed by atoms with Crippen molar-refractivity contribution in [3.63, 3.8) is 0 Å². The van der Waals surface area contributed by atoms with E-state index in [1.807, 2.05) is 29.2 Å². The summed E-state index contributed by atoms with van der Waals surface area (Å²) in [6.45, 7) is 0.915. The first-order valence-electron chi connectivity index (χ1n) is 4.89. The number of hydrogen-bond acceptors (Lipinski definition) is 3. The van der Waals surface area contributed by atoms with Crippen LogP contribution < -0.4 is 10.2 Å². The van der Waals surface area contributed by atoms with Crippen molar-refractivity contribution in [1.82, 2.24) is 0 Å². The zero-order chi connectivity index (χ0) is 10.7. The van der Waals surface area contributed by atoms with Gasteiger partial charge in [0.1, 0.15) is 6.29 Å². The van der Waals surface area contributed by atoms with E-state index in [1.165, 1.54) is 0 Å². The first-order valence-corrected chi connectivity index (χ1v) is 4.89. The van der Waals surface area contributed by atoms with Crippen LogP contribution in [-0.2, 0) is 9.59 Å². The number of benzene rings is 1. The Labute approximate surface area is 87.9 Å². The highest BCUT2D eigenvalue weighted by Crippen LogP contribution is 2.28. The van der Waals surface area contributed by atoms with Gasteiger partial charge in [0.05, 0.1) is 17.9 Å². The summed E-state index contributed by atoms with van der Waals surface area (Å²) in [5.74, 6) is -0.0281. The number of aldehydes is 1. The van der Waals surface area contributed by atoms with E-state index in [0.29, 0.717) is 19.5 Å². The van der Waals surface area contributed by atoms with Crippen molar-refractivity contribution < 1.29 is 9.59 Å². The standard InChI is InChI=1S/C11H12N2O2/c14-7-3-6-13-8-11(15)12-9-4-1-2-5-10(9)13/h1-2,4-5,7H,3,6,8H2,(H,12,15). The molecule has 1 aromatic carbocycles. The molecule has 4 nitrogen and oxygen atoms in total. The number of para-hydroxylation sites is 2. The van der Waals surface area contributed by atoms with Crippen LogP contribution in [0.5, 0.6) is 0 Å². The lowest BCUT2D eigenvalue weighted by Crippen LogP contribution is -2.38. The summed E-state index contributed by atoms with van der Waals surface area (Å²) >= 11 is 0. The molecule has 4 heteroatoms. The van der Waals surface area contributed by atoms with E-state index in [4.69, 9.17) is 0 Å². The van der Waals surface area contributed by atoms with Gasteiger partial charge in [0.25, 0.3) is 0 Å². The van der Waals surface area contributed by atoms with E-state index in [2.05, 4.69) is 5.32 Å². The second-order valence-corrected chi connectivity index (χ2v) is 3.44. The number of rotatable bonds is 3. The maximum atomic E-state index is 11.4. The second kappa shape index (κ2) is 4.13. The Morgan fingerprint density at radius 1 is 1.40 bits per heavy atom. The molecule has 0 unspecified atom stereocenters. The lowest BCUT2D eigenvalue weighted by atomic mass is 10.2. The number of amides is 1. The van der Waals surface area contributed by atoms with E-state index >= 15 is 0 Å². The molecule has 1 aliphatic heterocycles. The van der Waals surface area contributed by atoms with Crippen LogP contribution in [0.4, 0.5) is 11.4 Å². The van der Waals surface area contributed by atoms with E-state index in [-0.39, 0.29) is 5.91 Å². The molecule has 0 aromatic heterocycles. The number of carbonyl (C=O) groups excluding carboxylic acids is 2. The lowest BCUT2D eigenvalue weighted by molar-refractivity contribution is -0.115. The molecule has 0 saturated heterocycles. The summed E-state index contributed by atoms with van der Waals surface area (Å²) in [6, 6.07) is 7.60. The van der Waals surface area contributed by atoms with Crippen molar-refractivity contribution in [3.05, 3.63) is 24.3 Å². The van der Waals surface area contributed by atoms with Gasteiger partial charge in [-0.3, -0.25) is 4.79 Å². The van der Waals surface area contributed by atoms with Crippen molar-refractivity contribution >= 4 is 23.6 Å². The molecule has 1 N–H and O–H groups in total. The molecule has 0 saturated carbocycles. The summed E-state index contributed by atoms with van der Waals surface area (Å²) in [5, 5.41) is 2.80. The maximum Gasteiger partial charge on any atom is 0.243 e. The van der Waals surface area contributed by atoms with Crippen LogP contribution in [0.15, 0.2) is 24.3 Å². The summed E-state index contributed by atoms with van der Waals surface area (Å²) in [5.41, 5.74) is 1.80. The molecule has 0 radical (unpaired) electrons. The maximum absolute atomic E-state index is 11.4. The third kappa shape index (κ3) is 1.98. The number of nitrogens with zero attached hydrogens (tertiary/aromatic N) is 1. The minimum absolute atomic E-state index is 0.0281. The third-order valence-corrected chi connectivity index (χ3v) is 2.37. The van der Waals surface area contributed by atoms with Crippen LogP contribution in [0.3, 0.4) is 0 Å². The highest BCUT2D eigenvalue weighted by Gasteiger charge is 2.20. The summed E-state index contributed by atoms with van der Waals surface area (Å²) in [7, 11) is 0. The van der Waals surface area contributed by atoms with Crippen LogP contribution in [-0.4, -0.2) is 25.3 Å². The number of fused-ring (bicyclic) bond motifs is 1. The minimum atomic E-state index is -0.0281. The van der Waals surface area contributed by atoms with Gasteiger partial charge < -0.3 is 15.0 Å². The molecular weight excluding hydrogens is 192 g/mol. The summed E-state index contributed by atoms with van der Waals surface area (Å²) in [6.07, 6.45) is 1.32. The van der Waals surface area contributed by atoms with Gasteiger partial charge in [0.2, 0.25) is 5.91 Å². The lowest BCUT2D eigenvalue weighted by Gasteiger charge is -2.30. The van der Waals surface area contributed by atoms with Gasteiger partial charge >= 0.3 is 0 Å². The second-order valence-electron chi connectivity index (χ2n) is 3.44. The monoisotopic (exact) mass is 204 g/mol. The molecule has 0 atom stereocenters. The molecule has 1 aromatic rings. The first-order chi connectivity index (χ1) is 7.31. The predicted molar refractivity (Wildman–Crippen MR) is 58.0 cm³/mol. The van der Waals surface area contributed by atoms with Crippen LogP contribution in [0.25, 0.3) is 0 Å². The van der Waals surface area contributed by atoms with Gasteiger partial charge in [-0.15, -0.1) is 0 Å². The predicted octanol–water partition coefficient (Wildman–Crippen LogP) is 1.03. The molecule has 15 heavy (non-hydrogen) atoms. The Kier molecular flexibility index (Phi) is 2.67. The van der Waals surface area contributed by atoms with Crippen molar-refractivity contribution in [3.8, 4) is 0 Å². The van der Waals surface area contributed by atoms with E-state index in [9.17, 15) is 9.59 Å². The van der Waals surface area contributed by atoms with Gasteiger partial charge in [-0.1, -0.05) is 12.1 Å². The van der Waals surface area contributed by atoms with Crippen molar-refractivity contribution in [1.29, 1.82) is 0 Å². The number of carbonyl (C=O) groups is 2. The fourth-order valence-corrected chi connectivity index (χ4v) is 1.71. The van der Waals surface area contributed by atoms with Crippen LogP contribution in [0, 0.1) is 0 Å². The highest BCUT2D eigenvalue weighted by molar-refractivity contribution is 6.01. The SMILES string of the molecule is O=CCCN1CC(=O)Nc2ccccc21. The average molecular weight is 204 g/mol. The minimum Gasteiger partial charge on any atom is -0.360 e. The zero-order valence-electron chi connectivity index (χ0n) is 8.27. The number of anilines is 2. The van der Waals surface area contributed by atoms with Gasteiger partial charge in [0.15, 0.2) is 0 Å². The molecule has 1 aliphatic rings. The molecule has 2 rings (SSSR count). The molecule has 1 amide bonds. The molecule has 1 heterocycles. The Morgan fingerprint density at radius 3 is 3.00 bits per heavy atom. The van der Waals surface area contributed by atoms with Gasteiger partial charge in [-0.05, 0) is 12.1 Å². The van der Waals surface area contributed by atoms with Crippen molar-refractivity contribution in [2.75, 3.05) is 23.3 Å². The zero-order valence-corrected chi connectivity index (χ0v) is 8.27. The summed E-state index contributed by atoms with van der Waals surface area (Å²) < 4.78 is 0. The van der Waals surface area contributed by atoms with E-state index in [0.717, 1.165) is 17.7 Å². The van der Waals surface area contributed by atoms with Crippen molar-refractivity contribution in [2.45, 2.75) is 6.42 Å². The molecule has 78 valence electrons. The first kappa shape index (κ1) is 9.71. The quantitative estimate of drug-likeness (QED) is 0.748. The molecule has 0 bridgehead atoms. The Balaban J connectivity index is 2.25. The molecule has 0 fully saturated rings. The number of nitrogens with one attached hydrogen (secondary N) is 1. The Morgan fingerprint density at radius 2 is 2.20 bits per heavy atom. The van der Waals surface area contributed by atoms with Crippen LogP contribution in [0.2, 0.25) is 0 Å². The van der Waals surface area contributed by atoms with Crippen LogP contribution >= 0.6 is 0 Å². The Hall–Kier alpha value is -1.84. The van der Waals surface area contributed by atoms with Gasteiger partial charge in [-0.2, -0.15) is 0 Å². The summed E-state index contributed by atoms with van der Waals surface area (Å²) in [4.78, 5) is 23.6. The van der Waals surface area contributed by atoms with E-state index < -0.39 is 0 Å². The van der Waals surface area contributed by atoms with Crippen LogP contribution in [0.1, 0.15) is 6.42 Å². The largest absolute Gasteiger partial charge is 0.360 e. The third-order valence-electron chi connectivity index (χ3n) is 2.37. The number of hydrogen-bond donors (Lipinski definition) is 1. The van der Waals surface area contributed by atoms with Gasteiger partial charge in [0, 0.05) is 13.0 Å². The fourth-order valence-electron chi connectivity index (χ4n) is 1.71. The fraction of sp³-hybridized carbons (Fsp3) is 0.273. The smallest absolute Gasteiger partial charge is 0.243 e. The topological polar surface area (TPSA) is 49.4 Å².